The number of carbonyl (C=O) groups excluding carboxylic acids is 1. The molecule has 0 saturated carbocycles. The van der Waals surface area contributed by atoms with Crippen LogP contribution in [0.4, 0.5) is 13.2 Å². The summed E-state index contributed by atoms with van der Waals surface area (Å²) in [7, 11) is -1.97. The molecule has 122 valence electrons. The van der Waals surface area contributed by atoms with Gasteiger partial charge < -0.3 is 15.4 Å². The molecule has 0 aromatic heterocycles. The molecular formula is C15H15BF3NO3. The maximum absolute atomic E-state index is 13.6. The van der Waals surface area contributed by atoms with Gasteiger partial charge in [-0.2, -0.15) is 0 Å². The highest BCUT2D eigenvalue weighted by molar-refractivity contribution is 6.58. The van der Waals surface area contributed by atoms with E-state index in [0.29, 0.717) is 0 Å². The van der Waals surface area contributed by atoms with Crippen LogP contribution in [0, 0.1) is 11.7 Å². The van der Waals surface area contributed by atoms with E-state index in [9.17, 15) is 18.0 Å². The van der Waals surface area contributed by atoms with E-state index in [4.69, 9.17) is 10.0 Å². The number of hydrogen-bond donors (Lipinski definition) is 3. The summed E-state index contributed by atoms with van der Waals surface area (Å²) in [5, 5.41) is 20.2. The molecule has 1 amide bonds. The molecule has 1 aliphatic carbocycles. The molecule has 0 saturated heterocycles. The van der Waals surface area contributed by atoms with Crippen molar-refractivity contribution in [1.29, 1.82) is 0 Å². The highest BCUT2D eigenvalue weighted by atomic mass is 19.3. The maximum Gasteiger partial charge on any atom is 0.491 e. The van der Waals surface area contributed by atoms with Crippen LogP contribution in [0.2, 0.25) is 0 Å². The summed E-state index contributed by atoms with van der Waals surface area (Å²) in [5.41, 5.74) is -0.377. The molecule has 0 fully saturated rings. The molecule has 0 bridgehead atoms. The Kier molecular flexibility index (Phi) is 5.28. The fraction of sp³-hybridized carbons (Fsp3) is 0.267. The lowest BCUT2D eigenvalue weighted by molar-refractivity contribution is 0.00619. The van der Waals surface area contributed by atoms with E-state index in [-0.39, 0.29) is 24.0 Å². The van der Waals surface area contributed by atoms with Gasteiger partial charge in [0.15, 0.2) is 0 Å². The molecular weight excluding hydrogens is 310 g/mol. The van der Waals surface area contributed by atoms with Crippen LogP contribution in [0.3, 0.4) is 0 Å². The van der Waals surface area contributed by atoms with Crippen molar-refractivity contribution in [3.63, 3.8) is 0 Å². The highest BCUT2D eigenvalue weighted by Gasteiger charge is 2.35. The third-order valence-corrected chi connectivity index (χ3v) is 3.55. The third-order valence-electron chi connectivity index (χ3n) is 3.55. The van der Waals surface area contributed by atoms with Gasteiger partial charge in [-0.3, -0.25) is 4.79 Å². The van der Waals surface area contributed by atoms with Crippen molar-refractivity contribution in [3.8, 4) is 0 Å². The third kappa shape index (κ3) is 4.23. The van der Waals surface area contributed by atoms with Gasteiger partial charge in [-0.05, 0) is 24.6 Å². The van der Waals surface area contributed by atoms with E-state index in [1.165, 1.54) is 24.3 Å². The fourth-order valence-electron chi connectivity index (χ4n) is 2.24. The van der Waals surface area contributed by atoms with Crippen LogP contribution in [0.5, 0.6) is 0 Å². The van der Waals surface area contributed by atoms with Gasteiger partial charge in [-0.15, -0.1) is 0 Å². The van der Waals surface area contributed by atoms with Gasteiger partial charge in [0.25, 0.3) is 11.8 Å². The summed E-state index contributed by atoms with van der Waals surface area (Å²) < 4.78 is 40.6. The Balaban J connectivity index is 1.92. The van der Waals surface area contributed by atoms with E-state index in [1.807, 2.05) is 0 Å². The number of nitrogens with one attached hydrogen (secondary N) is 1. The minimum absolute atomic E-state index is 0.00324. The molecule has 23 heavy (non-hydrogen) atoms. The number of carbonyl (C=O) groups is 1. The Labute approximate surface area is 131 Å². The molecule has 1 atom stereocenters. The normalized spacial score (nSPS) is 18.7. The number of allylic oxidation sites excluding steroid dienone is 4. The Morgan fingerprint density at radius 1 is 1.30 bits per heavy atom. The Hall–Kier alpha value is -2.06. The molecule has 0 aliphatic heterocycles. The van der Waals surface area contributed by atoms with E-state index in [2.05, 4.69) is 5.32 Å². The first-order chi connectivity index (χ1) is 10.8. The average Bonchev–Trinajstić information content (AvgIpc) is 2.48. The molecule has 0 radical (unpaired) electrons. The zero-order valence-electron chi connectivity index (χ0n) is 12.0. The number of amides is 1. The summed E-state index contributed by atoms with van der Waals surface area (Å²) in [4.78, 5) is 11.9. The molecule has 1 aromatic carbocycles. The van der Waals surface area contributed by atoms with Crippen molar-refractivity contribution < 1.29 is 28.0 Å². The van der Waals surface area contributed by atoms with Crippen molar-refractivity contribution in [2.45, 2.75) is 12.3 Å². The lowest BCUT2D eigenvalue weighted by atomic mass is 9.79. The quantitative estimate of drug-likeness (QED) is 0.708. The summed E-state index contributed by atoms with van der Waals surface area (Å²) in [5.74, 6) is -5.51. The molecule has 3 N–H and O–H groups in total. The van der Waals surface area contributed by atoms with E-state index in [0.717, 1.165) is 18.2 Å². The van der Waals surface area contributed by atoms with Crippen molar-refractivity contribution >= 4 is 18.5 Å². The molecule has 1 aromatic rings. The number of halogens is 3. The van der Waals surface area contributed by atoms with Crippen LogP contribution in [0.25, 0.3) is 0 Å². The lowest BCUT2D eigenvalue weighted by Gasteiger charge is -2.23. The van der Waals surface area contributed by atoms with Crippen LogP contribution in [-0.2, 0) is 0 Å². The summed E-state index contributed by atoms with van der Waals surface area (Å²) in [6, 6.07) is 3.17. The molecule has 0 heterocycles. The molecule has 2 rings (SSSR count). The second-order valence-electron chi connectivity index (χ2n) is 5.18. The van der Waals surface area contributed by atoms with E-state index in [1.54, 1.807) is 0 Å². The number of hydrogen-bond acceptors (Lipinski definition) is 3. The van der Waals surface area contributed by atoms with Gasteiger partial charge in [-0.1, -0.05) is 24.3 Å². The smallest absolute Gasteiger partial charge is 0.423 e. The first-order valence-electron chi connectivity index (χ1n) is 6.99. The fourth-order valence-corrected chi connectivity index (χ4v) is 2.24. The number of benzene rings is 1. The Bertz CT molecular complexity index is 647. The summed E-state index contributed by atoms with van der Waals surface area (Å²) >= 11 is 0. The van der Waals surface area contributed by atoms with Gasteiger partial charge in [-0.25, -0.2) is 13.2 Å². The standard InChI is InChI=1S/C15H15BF3NO3/c17-13-9-10(4-5-12(13)16(22)23)14(21)20-8-6-11-3-1-2-7-15(11,18)19/h1-5,7,9,11,22-23H,6,8H2,(H,20,21). The lowest BCUT2D eigenvalue weighted by Crippen LogP contribution is -2.34. The monoisotopic (exact) mass is 325 g/mol. The molecule has 4 nitrogen and oxygen atoms in total. The Morgan fingerprint density at radius 3 is 2.65 bits per heavy atom. The predicted molar refractivity (Wildman–Crippen MR) is 79.9 cm³/mol. The molecule has 1 aliphatic rings. The first kappa shape index (κ1) is 17.3. The van der Waals surface area contributed by atoms with Crippen molar-refractivity contribution in [2.24, 2.45) is 5.92 Å². The van der Waals surface area contributed by atoms with Crippen molar-refractivity contribution in [3.05, 3.63) is 53.9 Å². The van der Waals surface area contributed by atoms with Gasteiger partial charge in [0.05, 0.1) is 0 Å². The van der Waals surface area contributed by atoms with E-state index >= 15 is 0 Å². The van der Waals surface area contributed by atoms with Gasteiger partial charge >= 0.3 is 7.12 Å². The van der Waals surface area contributed by atoms with Crippen LogP contribution in [0.1, 0.15) is 16.8 Å². The minimum atomic E-state index is -2.95. The van der Waals surface area contributed by atoms with Crippen LogP contribution in [-0.4, -0.2) is 35.5 Å². The summed E-state index contributed by atoms with van der Waals surface area (Å²) in [6.07, 6.45) is 5.03. The topological polar surface area (TPSA) is 69.6 Å². The zero-order valence-corrected chi connectivity index (χ0v) is 12.0. The maximum atomic E-state index is 13.6. The van der Waals surface area contributed by atoms with Gasteiger partial charge in [0.1, 0.15) is 5.82 Å². The second kappa shape index (κ2) is 7.01. The van der Waals surface area contributed by atoms with Gasteiger partial charge in [0, 0.05) is 23.5 Å². The Morgan fingerprint density at radius 2 is 2.04 bits per heavy atom. The van der Waals surface area contributed by atoms with Gasteiger partial charge in [0.2, 0.25) is 0 Å². The summed E-state index contributed by atoms with van der Waals surface area (Å²) in [6.45, 7) is 0.00324. The largest absolute Gasteiger partial charge is 0.491 e. The molecule has 0 spiro atoms. The van der Waals surface area contributed by atoms with E-state index < -0.39 is 30.7 Å². The molecule has 1 unspecified atom stereocenters. The van der Waals surface area contributed by atoms with Crippen LogP contribution >= 0.6 is 0 Å². The highest BCUT2D eigenvalue weighted by Crippen LogP contribution is 2.32. The van der Waals surface area contributed by atoms with Crippen LogP contribution < -0.4 is 10.8 Å². The number of alkyl halides is 2. The number of rotatable bonds is 5. The average molecular weight is 325 g/mol. The van der Waals surface area contributed by atoms with Crippen LogP contribution in [0.15, 0.2) is 42.5 Å². The molecule has 8 heteroatoms. The SMILES string of the molecule is O=C(NCCC1C=CC=CC1(F)F)c1ccc(B(O)O)c(F)c1. The van der Waals surface area contributed by atoms with Crippen molar-refractivity contribution in [2.75, 3.05) is 6.54 Å². The minimum Gasteiger partial charge on any atom is -0.423 e. The zero-order chi connectivity index (χ0) is 17.0. The first-order valence-corrected chi connectivity index (χ1v) is 6.99. The second-order valence-corrected chi connectivity index (χ2v) is 5.18. The van der Waals surface area contributed by atoms with Crippen molar-refractivity contribution in [1.82, 2.24) is 5.32 Å². The predicted octanol–water partition coefficient (Wildman–Crippen LogP) is 1.00.